The summed E-state index contributed by atoms with van der Waals surface area (Å²) in [7, 11) is 1.66. The maximum atomic E-state index is 13.9. The van der Waals surface area contributed by atoms with Gasteiger partial charge in [-0.05, 0) is 42.7 Å². The van der Waals surface area contributed by atoms with Crippen LogP contribution < -0.4 is 10.5 Å². The van der Waals surface area contributed by atoms with Gasteiger partial charge in [0.25, 0.3) is 5.56 Å². The predicted molar refractivity (Wildman–Crippen MR) is 149 cm³/mol. The highest BCUT2D eigenvalue weighted by Crippen LogP contribution is 2.40. The fourth-order valence-corrected chi connectivity index (χ4v) is 6.31. The normalized spacial score (nSPS) is 18.9. The van der Waals surface area contributed by atoms with E-state index in [1.807, 2.05) is 13.8 Å². The molecule has 4 heterocycles. The minimum atomic E-state index is -4.57. The molecule has 1 fully saturated rings. The van der Waals surface area contributed by atoms with Crippen molar-refractivity contribution in [1.29, 1.82) is 5.26 Å². The molecule has 7 nitrogen and oxygen atoms in total. The number of hydrogen-bond acceptors (Lipinski definition) is 7. The molecule has 1 aromatic carbocycles. The molecule has 0 aliphatic carbocycles. The van der Waals surface area contributed by atoms with Crippen LogP contribution in [0, 0.1) is 17.1 Å². The standard InChI is InChI=1S/C29H28F4N6OS/c1-4-20-15-39(27(17-6-8-18(30)9-7-17)22-16-41-28(36-22)29(31,32)33)21(5-2)14-38(20)24-12-25(40)37(3)23-11-10-19(13-34)35-26(23)24/h6-12,16,20-21,27H,4-5,14-15H2,1-3H3/t20-,21+,27?/m0/s1. The third-order valence-electron chi connectivity index (χ3n) is 7.74. The topological polar surface area (TPSA) is 78.0 Å². The molecule has 0 amide bonds. The molecule has 1 aliphatic rings. The molecule has 0 saturated carbocycles. The molecule has 1 unspecified atom stereocenters. The predicted octanol–water partition coefficient (Wildman–Crippen LogP) is 5.89. The Balaban J connectivity index is 1.61. The maximum Gasteiger partial charge on any atom is 0.443 e. The average molecular weight is 585 g/mol. The van der Waals surface area contributed by atoms with Gasteiger partial charge in [-0.1, -0.05) is 26.0 Å². The Labute approximate surface area is 238 Å². The highest BCUT2D eigenvalue weighted by Gasteiger charge is 2.41. The first kappa shape index (κ1) is 28.7. The van der Waals surface area contributed by atoms with Crippen LogP contribution in [0.15, 0.2) is 52.6 Å². The van der Waals surface area contributed by atoms with Gasteiger partial charge >= 0.3 is 6.18 Å². The van der Waals surface area contributed by atoms with Crippen molar-refractivity contribution in [1.82, 2.24) is 19.4 Å². The third kappa shape index (κ3) is 5.44. The van der Waals surface area contributed by atoms with E-state index >= 15 is 0 Å². The van der Waals surface area contributed by atoms with Gasteiger partial charge in [0, 0.05) is 43.7 Å². The maximum absolute atomic E-state index is 13.9. The highest BCUT2D eigenvalue weighted by molar-refractivity contribution is 7.09. The molecule has 5 rings (SSSR count). The first-order chi connectivity index (χ1) is 19.5. The van der Waals surface area contributed by atoms with Crippen LogP contribution in [0.3, 0.4) is 0 Å². The van der Waals surface area contributed by atoms with Gasteiger partial charge in [-0.15, -0.1) is 11.3 Å². The highest BCUT2D eigenvalue weighted by atomic mass is 32.1. The molecule has 4 aromatic rings. The molecule has 1 saturated heterocycles. The fourth-order valence-electron chi connectivity index (χ4n) is 5.61. The summed E-state index contributed by atoms with van der Waals surface area (Å²) in [5.74, 6) is -0.438. The number of benzene rings is 1. The lowest BCUT2D eigenvalue weighted by Gasteiger charge is -2.50. The van der Waals surface area contributed by atoms with Crippen molar-refractivity contribution < 1.29 is 17.6 Å². The van der Waals surface area contributed by atoms with Gasteiger partial charge in [-0.2, -0.15) is 18.4 Å². The van der Waals surface area contributed by atoms with Crippen molar-refractivity contribution in [3.63, 3.8) is 0 Å². The molecule has 0 radical (unpaired) electrons. The zero-order chi connectivity index (χ0) is 29.5. The molecule has 41 heavy (non-hydrogen) atoms. The van der Waals surface area contributed by atoms with Crippen molar-refractivity contribution in [2.75, 3.05) is 18.0 Å². The largest absolute Gasteiger partial charge is 0.443 e. The minimum Gasteiger partial charge on any atom is -0.364 e. The third-order valence-corrected chi connectivity index (χ3v) is 8.64. The second kappa shape index (κ2) is 11.2. The smallest absolute Gasteiger partial charge is 0.364 e. The molecule has 214 valence electrons. The van der Waals surface area contributed by atoms with Crippen molar-refractivity contribution in [2.45, 2.75) is 51.0 Å². The lowest BCUT2D eigenvalue weighted by Crippen LogP contribution is -2.59. The quantitative estimate of drug-likeness (QED) is 0.263. The summed E-state index contributed by atoms with van der Waals surface area (Å²) in [6, 6.07) is 11.8. The molecule has 12 heteroatoms. The van der Waals surface area contributed by atoms with E-state index in [-0.39, 0.29) is 29.0 Å². The molecule has 0 spiro atoms. The van der Waals surface area contributed by atoms with Gasteiger partial charge in [0.1, 0.15) is 23.1 Å². The van der Waals surface area contributed by atoms with E-state index in [4.69, 9.17) is 0 Å². The van der Waals surface area contributed by atoms with Gasteiger partial charge in [-0.3, -0.25) is 9.69 Å². The molecular formula is C29H28F4N6OS. The minimum absolute atomic E-state index is 0.135. The van der Waals surface area contributed by atoms with Crippen LogP contribution in [-0.4, -0.2) is 44.6 Å². The SMILES string of the molecule is CC[C@H]1CN(C(c2ccc(F)cc2)c2csc(C(F)(F)F)n2)[C@H](CC)CN1c1cc(=O)n(C)c2ccc(C#N)nc12. The van der Waals surface area contributed by atoms with Gasteiger partial charge in [0.05, 0.1) is 22.9 Å². The number of aromatic nitrogens is 3. The summed E-state index contributed by atoms with van der Waals surface area (Å²) in [5, 5.41) is 9.98. The van der Waals surface area contributed by atoms with Crippen LogP contribution in [-0.2, 0) is 13.2 Å². The van der Waals surface area contributed by atoms with Crippen LogP contribution in [0.1, 0.15) is 54.7 Å². The van der Waals surface area contributed by atoms with E-state index in [2.05, 4.69) is 25.8 Å². The summed E-state index contributed by atoms with van der Waals surface area (Å²) in [6.45, 7) is 4.92. The van der Waals surface area contributed by atoms with Crippen LogP contribution in [0.4, 0.5) is 23.2 Å². The Bertz CT molecular complexity index is 1660. The average Bonchev–Trinajstić information content (AvgIpc) is 3.46. The van der Waals surface area contributed by atoms with Crippen LogP contribution in [0.25, 0.3) is 11.0 Å². The molecular weight excluding hydrogens is 556 g/mol. The van der Waals surface area contributed by atoms with Gasteiger partial charge in [0.15, 0.2) is 5.01 Å². The summed E-state index contributed by atoms with van der Waals surface area (Å²) in [5.41, 5.74) is 2.69. The molecule has 1 aliphatic heterocycles. The Hall–Kier alpha value is -3.82. The number of nitrogens with zero attached hydrogens (tertiary/aromatic N) is 6. The zero-order valence-electron chi connectivity index (χ0n) is 22.7. The number of alkyl halides is 3. The van der Waals surface area contributed by atoms with E-state index in [1.54, 1.807) is 31.3 Å². The van der Waals surface area contributed by atoms with Crippen molar-refractivity contribution >= 4 is 28.1 Å². The molecule has 3 aromatic heterocycles. The van der Waals surface area contributed by atoms with Crippen LogP contribution in [0.2, 0.25) is 0 Å². The number of fused-ring (bicyclic) bond motifs is 1. The van der Waals surface area contributed by atoms with E-state index in [1.165, 1.54) is 28.1 Å². The van der Waals surface area contributed by atoms with Crippen LogP contribution in [0.5, 0.6) is 0 Å². The van der Waals surface area contributed by atoms with Crippen molar-refractivity contribution in [3.05, 3.63) is 86.0 Å². The number of hydrogen-bond donors (Lipinski definition) is 0. The lowest BCUT2D eigenvalue weighted by molar-refractivity contribution is -0.137. The summed E-state index contributed by atoms with van der Waals surface area (Å²) in [6.07, 6.45) is -3.25. The number of pyridine rings is 2. The van der Waals surface area contributed by atoms with E-state index < -0.39 is 23.0 Å². The van der Waals surface area contributed by atoms with Gasteiger partial charge in [0.2, 0.25) is 0 Å². The van der Waals surface area contributed by atoms with Crippen molar-refractivity contribution in [3.8, 4) is 6.07 Å². The van der Waals surface area contributed by atoms with Gasteiger partial charge < -0.3 is 9.47 Å². The van der Waals surface area contributed by atoms with E-state index in [9.17, 15) is 27.6 Å². The molecule has 0 N–H and O–H groups in total. The number of rotatable bonds is 6. The second-order valence-corrected chi connectivity index (χ2v) is 11.0. The Morgan fingerprint density at radius 3 is 2.39 bits per heavy atom. The number of anilines is 1. The zero-order valence-corrected chi connectivity index (χ0v) is 23.5. The summed E-state index contributed by atoms with van der Waals surface area (Å²) >= 11 is 0.548. The summed E-state index contributed by atoms with van der Waals surface area (Å²) in [4.78, 5) is 25.8. The van der Waals surface area contributed by atoms with E-state index in [0.29, 0.717) is 59.6 Å². The van der Waals surface area contributed by atoms with Crippen LogP contribution >= 0.6 is 11.3 Å². The fraction of sp³-hybridized carbons (Fsp3) is 0.379. The first-order valence-corrected chi connectivity index (χ1v) is 14.1. The molecule has 3 atom stereocenters. The number of nitriles is 1. The number of aryl methyl sites for hydroxylation is 1. The number of piperazine rings is 1. The Morgan fingerprint density at radius 2 is 1.78 bits per heavy atom. The summed E-state index contributed by atoms with van der Waals surface area (Å²) < 4.78 is 55.9. The van der Waals surface area contributed by atoms with Crippen molar-refractivity contribution in [2.24, 2.45) is 7.05 Å². The number of halogens is 4. The monoisotopic (exact) mass is 584 g/mol. The van der Waals surface area contributed by atoms with E-state index in [0.717, 1.165) is 0 Å². The number of thiazole rings is 1. The van der Waals surface area contributed by atoms with Gasteiger partial charge in [-0.25, -0.2) is 14.4 Å². The Morgan fingerprint density at radius 1 is 1.07 bits per heavy atom. The second-order valence-electron chi connectivity index (χ2n) is 10.1. The lowest BCUT2D eigenvalue weighted by atomic mass is 9.94. The first-order valence-electron chi connectivity index (χ1n) is 13.3. The molecule has 0 bridgehead atoms. The Kier molecular flexibility index (Phi) is 7.85.